The molecule has 1 heterocycles. The van der Waals surface area contributed by atoms with Crippen LogP contribution in [0.5, 0.6) is 0 Å². The molecule has 0 spiro atoms. The molecule has 0 saturated carbocycles. The predicted octanol–water partition coefficient (Wildman–Crippen LogP) is 5.86. The van der Waals surface area contributed by atoms with Crippen LogP contribution < -0.4 is 0 Å². The molecule has 0 bridgehead atoms. The third-order valence-corrected chi connectivity index (χ3v) is 4.31. The average Bonchev–Trinajstić information content (AvgIpc) is 2.49. The summed E-state index contributed by atoms with van der Waals surface area (Å²) >= 11 is 0. The second-order valence-corrected chi connectivity index (χ2v) is 5.92. The molecule has 1 aliphatic rings. The summed E-state index contributed by atoms with van der Waals surface area (Å²) in [6.07, 6.45) is 9.41. The van der Waals surface area contributed by atoms with Crippen molar-refractivity contribution >= 4 is 5.71 Å². The van der Waals surface area contributed by atoms with Crippen LogP contribution in [0.25, 0.3) is 0 Å². The van der Waals surface area contributed by atoms with E-state index in [4.69, 9.17) is 0 Å². The third kappa shape index (κ3) is 3.82. The van der Waals surface area contributed by atoms with Crippen LogP contribution in [-0.4, -0.2) is 5.71 Å². The van der Waals surface area contributed by atoms with E-state index in [2.05, 4.69) is 50.0 Å². The van der Waals surface area contributed by atoms with Crippen molar-refractivity contribution in [3.05, 3.63) is 47.2 Å². The van der Waals surface area contributed by atoms with Crippen molar-refractivity contribution in [3.8, 4) is 0 Å². The Kier molecular flexibility index (Phi) is 5.58. The van der Waals surface area contributed by atoms with E-state index in [0.29, 0.717) is 0 Å². The lowest BCUT2D eigenvalue weighted by Gasteiger charge is -2.16. The highest BCUT2D eigenvalue weighted by Crippen LogP contribution is 2.26. The predicted molar refractivity (Wildman–Crippen MR) is 88.5 cm³/mol. The van der Waals surface area contributed by atoms with Crippen LogP contribution in [0.1, 0.15) is 76.3 Å². The quantitative estimate of drug-likeness (QED) is 0.613. The van der Waals surface area contributed by atoms with Gasteiger partial charge in [-0.3, -0.25) is 4.99 Å². The number of hydrogen-bond donors (Lipinski definition) is 0. The molecular formula is C19H27N. The van der Waals surface area contributed by atoms with E-state index >= 15 is 0 Å². The van der Waals surface area contributed by atoms with Gasteiger partial charge in [0.25, 0.3) is 0 Å². The standard InChI is InChI=1S/C19H27N/c1-4-6-7-16(5-2)17-9-11-18(12-10-17)19-13-8-15(3)14-20-19/h9-12,14,16H,4-8,13H2,1-3H3. The lowest BCUT2D eigenvalue weighted by molar-refractivity contribution is 0.570. The fraction of sp³-hybridized carbons (Fsp3) is 0.526. The second-order valence-electron chi connectivity index (χ2n) is 5.92. The Morgan fingerprint density at radius 3 is 2.40 bits per heavy atom. The van der Waals surface area contributed by atoms with Gasteiger partial charge in [0.05, 0.1) is 0 Å². The number of allylic oxidation sites excluding steroid dienone is 1. The zero-order chi connectivity index (χ0) is 14.4. The first-order chi connectivity index (χ1) is 9.74. The Labute approximate surface area is 123 Å². The number of nitrogens with zero attached hydrogens (tertiary/aromatic N) is 1. The van der Waals surface area contributed by atoms with E-state index in [9.17, 15) is 0 Å². The maximum absolute atomic E-state index is 4.58. The number of aliphatic imine (C=N–C) groups is 1. The van der Waals surface area contributed by atoms with Gasteiger partial charge in [-0.2, -0.15) is 0 Å². The molecule has 1 aromatic carbocycles. The van der Waals surface area contributed by atoms with E-state index in [1.807, 2.05) is 6.20 Å². The van der Waals surface area contributed by atoms with Gasteiger partial charge in [-0.05, 0) is 49.7 Å². The zero-order valence-electron chi connectivity index (χ0n) is 13.2. The summed E-state index contributed by atoms with van der Waals surface area (Å²) in [6.45, 7) is 6.72. The Hall–Kier alpha value is -1.37. The minimum Gasteiger partial charge on any atom is -0.261 e. The van der Waals surface area contributed by atoms with E-state index < -0.39 is 0 Å². The van der Waals surface area contributed by atoms with Gasteiger partial charge in [-0.25, -0.2) is 0 Å². The molecular weight excluding hydrogens is 242 g/mol. The average molecular weight is 269 g/mol. The summed E-state index contributed by atoms with van der Waals surface area (Å²) in [5.41, 5.74) is 5.41. The highest BCUT2D eigenvalue weighted by atomic mass is 14.7. The normalized spacial score (nSPS) is 16.6. The molecule has 1 unspecified atom stereocenters. The highest BCUT2D eigenvalue weighted by molar-refractivity contribution is 6.01. The fourth-order valence-electron chi connectivity index (χ4n) is 2.86. The minimum absolute atomic E-state index is 0.722. The smallest absolute Gasteiger partial charge is 0.0479 e. The molecule has 1 atom stereocenters. The van der Waals surface area contributed by atoms with Crippen LogP contribution in [0.15, 0.2) is 41.0 Å². The SMILES string of the molecule is CCCCC(CC)c1ccc(C2=NC=C(C)CC2)cc1. The molecule has 0 aliphatic carbocycles. The number of unbranched alkanes of at least 4 members (excludes halogenated alkanes) is 1. The first-order valence-corrected chi connectivity index (χ1v) is 8.07. The molecule has 0 radical (unpaired) electrons. The van der Waals surface area contributed by atoms with E-state index in [0.717, 1.165) is 18.8 Å². The topological polar surface area (TPSA) is 12.4 Å². The molecule has 1 aromatic rings. The highest BCUT2D eigenvalue weighted by Gasteiger charge is 2.11. The van der Waals surface area contributed by atoms with Crippen LogP contribution in [0, 0.1) is 0 Å². The van der Waals surface area contributed by atoms with Crippen LogP contribution in [-0.2, 0) is 0 Å². The van der Waals surface area contributed by atoms with Crippen molar-refractivity contribution in [3.63, 3.8) is 0 Å². The van der Waals surface area contributed by atoms with Gasteiger partial charge in [-0.1, -0.05) is 56.5 Å². The van der Waals surface area contributed by atoms with E-state index in [-0.39, 0.29) is 0 Å². The second kappa shape index (κ2) is 7.42. The van der Waals surface area contributed by atoms with Gasteiger partial charge in [0.15, 0.2) is 0 Å². The summed E-state index contributed by atoms with van der Waals surface area (Å²) in [5, 5.41) is 0. The molecule has 1 heteroatoms. The zero-order valence-corrected chi connectivity index (χ0v) is 13.2. The van der Waals surface area contributed by atoms with Crippen LogP contribution in [0.2, 0.25) is 0 Å². The monoisotopic (exact) mass is 269 g/mol. The maximum Gasteiger partial charge on any atom is 0.0479 e. The number of benzene rings is 1. The van der Waals surface area contributed by atoms with Gasteiger partial charge < -0.3 is 0 Å². The summed E-state index contributed by atoms with van der Waals surface area (Å²) < 4.78 is 0. The molecule has 1 nitrogen and oxygen atoms in total. The Bertz CT molecular complexity index is 479. The van der Waals surface area contributed by atoms with Crippen molar-refractivity contribution < 1.29 is 0 Å². The van der Waals surface area contributed by atoms with Gasteiger partial charge in [0.2, 0.25) is 0 Å². The molecule has 0 fully saturated rings. The van der Waals surface area contributed by atoms with Gasteiger partial charge in [0.1, 0.15) is 0 Å². The van der Waals surface area contributed by atoms with Gasteiger partial charge >= 0.3 is 0 Å². The lowest BCUT2D eigenvalue weighted by atomic mass is 9.90. The Morgan fingerprint density at radius 2 is 1.85 bits per heavy atom. The molecule has 0 N–H and O–H groups in total. The third-order valence-electron chi connectivity index (χ3n) is 4.31. The molecule has 1 aliphatic heterocycles. The molecule has 0 amide bonds. The van der Waals surface area contributed by atoms with Crippen molar-refractivity contribution in [2.75, 3.05) is 0 Å². The van der Waals surface area contributed by atoms with Crippen molar-refractivity contribution in [2.45, 2.75) is 65.2 Å². The summed E-state index contributed by atoms with van der Waals surface area (Å²) in [5.74, 6) is 0.722. The minimum atomic E-state index is 0.722. The van der Waals surface area contributed by atoms with Crippen molar-refractivity contribution in [1.82, 2.24) is 0 Å². The first kappa shape index (κ1) is 15.0. The van der Waals surface area contributed by atoms with Crippen LogP contribution in [0.4, 0.5) is 0 Å². The van der Waals surface area contributed by atoms with Gasteiger partial charge in [-0.15, -0.1) is 0 Å². The van der Waals surface area contributed by atoms with E-state index in [1.54, 1.807) is 0 Å². The van der Waals surface area contributed by atoms with Gasteiger partial charge in [0, 0.05) is 11.9 Å². The Balaban J connectivity index is 2.09. The van der Waals surface area contributed by atoms with E-state index in [1.165, 1.54) is 48.1 Å². The summed E-state index contributed by atoms with van der Waals surface area (Å²) in [4.78, 5) is 4.58. The maximum atomic E-state index is 4.58. The van der Waals surface area contributed by atoms with Crippen LogP contribution >= 0.6 is 0 Å². The molecule has 2 rings (SSSR count). The Morgan fingerprint density at radius 1 is 1.10 bits per heavy atom. The number of hydrogen-bond acceptors (Lipinski definition) is 1. The largest absolute Gasteiger partial charge is 0.261 e. The number of rotatable bonds is 6. The van der Waals surface area contributed by atoms with Crippen molar-refractivity contribution in [2.24, 2.45) is 4.99 Å². The lowest BCUT2D eigenvalue weighted by Crippen LogP contribution is -2.05. The molecule has 20 heavy (non-hydrogen) atoms. The van der Waals surface area contributed by atoms with Crippen LogP contribution in [0.3, 0.4) is 0 Å². The molecule has 0 saturated heterocycles. The molecule has 108 valence electrons. The summed E-state index contributed by atoms with van der Waals surface area (Å²) in [7, 11) is 0. The fourth-order valence-corrected chi connectivity index (χ4v) is 2.86. The molecule has 0 aromatic heterocycles. The summed E-state index contributed by atoms with van der Waals surface area (Å²) in [6, 6.07) is 9.15. The van der Waals surface area contributed by atoms with Crippen molar-refractivity contribution in [1.29, 1.82) is 0 Å². The first-order valence-electron chi connectivity index (χ1n) is 8.07.